The Bertz CT molecular complexity index is 926. The van der Waals surface area contributed by atoms with Crippen LogP contribution in [0.3, 0.4) is 0 Å². The minimum Gasteiger partial charge on any atom is -0.369 e. The first-order chi connectivity index (χ1) is 14.0. The Morgan fingerprint density at radius 3 is 2.31 bits per heavy atom. The number of likely N-dealkylation sites (tertiary alicyclic amines) is 1. The van der Waals surface area contributed by atoms with Gasteiger partial charge in [0.05, 0.1) is 18.2 Å². The molecule has 0 saturated carbocycles. The van der Waals surface area contributed by atoms with E-state index in [4.69, 9.17) is 5.73 Å². The number of primary amides is 1. The second-order valence-electron chi connectivity index (χ2n) is 7.38. The van der Waals surface area contributed by atoms with Crippen LogP contribution in [0.5, 0.6) is 0 Å². The molecule has 2 heterocycles. The minimum atomic E-state index is -0.467. The number of para-hydroxylation sites is 1. The van der Waals surface area contributed by atoms with Crippen LogP contribution in [0.15, 0.2) is 64.4 Å². The van der Waals surface area contributed by atoms with Crippen molar-refractivity contribution in [2.45, 2.75) is 35.1 Å². The van der Waals surface area contributed by atoms with Gasteiger partial charge < -0.3 is 5.73 Å². The highest BCUT2D eigenvalue weighted by Gasteiger charge is 2.44. The molecule has 0 bridgehead atoms. The van der Waals surface area contributed by atoms with E-state index >= 15 is 0 Å². The van der Waals surface area contributed by atoms with E-state index in [1.54, 1.807) is 0 Å². The van der Waals surface area contributed by atoms with Crippen molar-refractivity contribution in [3.05, 3.63) is 54.6 Å². The first-order valence-corrected chi connectivity index (χ1v) is 10.6. The lowest BCUT2D eigenvalue weighted by atomic mass is 9.95. The van der Waals surface area contributed by atoms with Gasteiger partial charge in [-0.1, -0.05) is 42.1 Å². The van der Waals surface area contributed by atoms with Gasteiger partial charge >= 0.3 is 0 Å². The summed E-state index contributed by atoms with van der Waals surface area (Å²) in [6.45, 7) is 1.21. The van der Waals surface area contributed by atoms with E-state index in [1.807, 2.05) is 59.5 Å². The number of imide groups is 1. The number of benzene rings is 2. The lowest BCUT2D eigenvalue weighted by Gasteiger charge is -2.33. The molecule has 29 heavy (non-hydrogen) atoms. The zero-order chi connectivity index (χ0) is 20.4. The molecule has 2 fully saturated rings. The van der Waals surface area contributed by atoms with Crippen LogP contribution in [0.2, 0.25) is 0 Å². The summed E-state index contributed by atoms with van der Waals surface area (Å²) < 4.78 is 0. The average Bonchev–Trinajstić information content (AvgIpc) is 3.03. The Balaban J connectivity index is 1.53. The van der Waals surface area contributed by atoms with Crippen molar-refractivity contribution in [3.63, 3.8) is 0 Å². The maximum atomic E-state index is 13.2. The van der Waals surface area contributed by atoms with Crippen molar-refractivity contribution in [2.75, 3.05) is 18.0 Å². The molecule has 2 saturated heterocycles. The fraction of sp³-hybridized carbons (Fsp3) is 0.318. The predicted octanol–water partition coefficient (Wildman–Crippen LogP) is 2.67. The molecule has 1 unspecified atom stereocenters. The third-order valence-corrected chi connectivity index (χ3v) is 6.65. The quantitative estimate of drug-likeness (QED) is 0.768. The van der Waals surface area contributed by atoms with Gasteiger partial charge in [0.25, 0.3) is 5.91 Å². The highest BCUT2D eigenvalue weighted by molar-refractivity contribution is 7.99. The number of hydrogen-bond acceptors (Lipinski definition) is 5. The number of amides is 3. The standard InChI is InChI=1S/C22H23N3O3S/c23-21(27)15-10-12-24(13-11-15)18-14-20(26)25(22(18)28)17-8-4-5-9-19(17)29-16-6-2-1-3-7-16/h1-9,15,18H,10-14H2,(H2,23,27). The third-order valence-electron chi connectivity index (χ3n) is 5.57. The fourth-order valence-corrected chi connectivity index (χ4v) is 4.95. The van der Waals surface area contributed by atoms with Crippen LogP contribution in [-0.4, -0.2) is 41.8 Å². The Morgan fingerprint density at radius 1 is 0.966 bits per heavy atom. The molecular weight excluding hydrogens is 386 g/mol. The van der Waals surface area contributed by atoms with E-state index in [0.717, 1.165) is 9.79 Å². The molecule has 2 aliphatic heterocycles. The van der Waals surface area contributed by atoms with Gasteiger partial charge in [0.1, 0.15) is 0 Å². The van der Waals surface area contributed by atoms with Crippen LogP contribution in [0.25, 0.3) is 0 Å². The molecule has 2 aromatic carbocycles. The largest absolute Gasteiger partial charge is 0.369 e. The number of carbonyl (C=O) groups is 3. The molecule has 2 aromatic rings. The van der Waals surface area contributed by atoms with Crippen LogP contribution in [0.1, 0.15) is 19.3 Å². The summed E-state index contributed by atoms with van der Waals surface area (Å²) in [6.07, 6.45) is 1.44. The van der Waals surface area contributed by atoms with Crippen LogP contribution < -0.4 is 10.6 Å². The number of nitrogens with two attached hydrogens (primary N) is 1. The second kappa shape index (κ2) is 8.39. The summed E-state index contributed by atoms with van der Waals surface area (Å²) in [4.78, 5) is 42.7. The van der Waals surface area contributed by atoms with Crippen molar-refractivity contribution in [2.24, 2.45) is 11.7 Å². The fourth-order valence-electron chi connectivity index (χ4n) is 3.99. The molecule has 3 amide bonds. The Kier molecular flexibility index (Phi) is 5.69. The van der Waals surface area contributed by atoms with Crippen molar-refractivity contribution in [1.82, 2.24) is 4.90 Å². The lowest BCUT2D eigenvalue weighted by molar-refractivity contribution is -0.124. The van der Waals surface area contributed by atoms with Crippen molar-refractivity contribution >= 4 is 35.2 Å². The summed E-state index contributed by atoms with van der Waals surface area (Å²) in [5.74, 6) is -0.795. The van der Waals surface area contributed by atoms with Gasteiger partial charge in [-0.2, -0.15) is 0 Å². The SMILES string of the molecule is NC(=O)C1CCN(C2CC(=O)N(c3ccccc3Sc3ccccc3)C2=O)CC1. The van der Waals surface area contributed by atoms with Gasteiger partial charge in [0.2, 0.25) is 11.8 Å². The molecular formula is C22H23N3O3S. The lowest BCUT2D eigenvalue weighted by Crippen LogP contribution is -2.47. The molecule has 150 valence electrons. The zero-order valence-corrected chi connectivity index (χ0v) is 16.8. The molecule has 0 radical (unpaired) electrons. The molecule has 7 heteroatoms. The number of carbonyl (C=O) groups excluding carboxylic acids is 3. The summed E-state index contributed by atoms with van der Waals surface area (Å²) in [6, 6.07) is 16.9. The Labute approximate surface area is 174 Å². The summed E-state index contributed by atoms with van der Waals surface area (Å²) in [5.41, 5.74) is 6.03. The maximum Gasteiger partial charge on any atom is 0.251 e. The summed E-state index contributed by atoms with van der Waals surface area (Å²) in [5, 5.41) is 0. The molecule has 4 rings (SSSR count). The number of rotatable bonds is 5. The molecule has 0 aliphatic carbocycles. The van der Waals surface area contributed by atoms with E-state index in [0.29, 0.717) is 31.6 Å². The smallest absolute Gasteiger partial charge is 0.251 e. The van der Waals surface area contributed by atoms with Crippen LogP contribution in [-0.2, 0) is 14.4 Å². The average molecular weight is 410 g/mol. The van der Waals surface area contributed by atoms with Crippen LogP contribution in [0.4, 0.5) is 5.69 Å². The highest BCUT2D eigenvalue weighted by atomic mass is 32.2. The monoisotopic (exact) mass is 409 g/mol. The predicted molar refractivity (Wildman–Crippen MR) is 111 cm³/mol. The minimum absolute atomic E-state index is 0.141. The van der Waals surface area contributed by atoms with E-state index in [2.05, 4.69) is 0 Å². The number of anilines is 1. The molecule has 1 atom stereocenters. The molecule has 2 aliphatic rings. The van der Waals surface area contributed by atoms with Gasteiger partial charge in [0, 0.05) is 15.7 Å². The maximum absolute atomic E-state index is 13.2. The third kappa shape index (κ3) is 4.06. The van der Waals surface area contributed by atoms with Gasteiger partial charge in [0.15, 0.2) is 0 Å². The van der Waals surface area contributed by atoms with E-state index < -0.39 is 6.04 Å². The Hall–Kier alpha value is -2.64. The van der Waals surface area contributed by atoms with Gasteiger partial charge in [-0.3, -0.25) is 19.3 Å². The van der Waals surface area contributed by atoms with E-state index in [1.165, 1.54) is 16.7 Å². The van der Waals surface area contributed by atoms with Crippen LogP contribution in [0, 0.1) is 5.92 Å². The number of hydrogen-bond donors (Lipinski definition) is 1. The van der Waals surface area contributed by atoms with Gasteiger partial charge in [-0.15, -0.1) is 0 Å². The number of piperidine rings is 1. The van der Waals surface area contributed by atoms with Crippen molar-refractivity contribution in [1.29, 1.82) is 0 Å². The van der Waals surface area contributed by atoms with Gasteiger partial charge in [-0.25, -0.2) is 4.90 Å². The van der Waals surface area contributed by atoms with Gasteiger partial charge in [-0.05, 0) is 50.2 Å². The Morgan fingerprint density at radius 2 is 1.62 bits per heavy atom. The van der Waals surface area contributed by atoms with Crippen molar-refractivity contribution in [3.8, 4) is 0 Å². The van der Waals surface area contributed by atoms with E-state index in [-0.39, 0.29) is 30.1 Å². The molecule has 0 aromatic heterocycles. The first-order valence-electron chi connectivity index (χ1n) is 9.76. The normalized spacial score (nSPS) is 21.0. The van der Waals surface area contributed by atoms with Crippen LogP contribution >= 0.6 is 11.8 Å². The highest BCUT2D eigenvalue weighted by Crippen LogP contribution is 2.38. The zero-order valence-electron chi connectivity index (χ0n) is 16.0. The van der Waals surface area contributed by atoms with E-state index in [9.17, 15) is 14.4 Å². The summed E-state index contributed by atoms with van der Waals surface area (Å²) >= 11 is 1.53. The molecule has 2 N–H and O–H groups in total. The topological polar surface area (TPSA) is 83.7 Å². The second-order valence-corrected chi connectivity index (χ2v) is 8.50. The molecule has 0 spiro atoms. The first kappa shape index (κ1) is 19.7. The molecule has 6 nitrogen and oxygen atoms in total. The summed E-state index contributed by atoms with van der Waals surface area (Å²) in [7, 11) is 0. The number of nitrogens with zero attached hydrogens (tertiary/aromatic N) is 2. The van der Waals surface area contributed by atoms with Crippen molar-refractivity contribution < 1.29 is 14.4 Å².